The van der Waals surface area contributed by atoms with E-state index in [1.807, 2.05) is 5.32 Å². The van der Waals surface area contributed by atoms with Gasteiger partial charge in [0.25, 0.3) is 5.91 Å². The molecule has 1 aromatic carbocycles. The summed E-state index contributed by atoms with van der Waals surface area (Å²) in [6, 6.07) is -0.982. The number of halogens is 3. The molecule has 0 fully saturated rings. The minimum absolute atomic E-state index is 0.174. The van der Waals surface area contributed by atoms with Crippen molar-refractivity contribution < 1.29 is 81.2 Å². The van der Waals surface area contributed by atoms with Gasteiger partial charge in [0.05, 0.1) is 25.8 Å². The second kappa shape index (κ2) is 27.3. The highest BCUT2D eigenvalue weighted by atomic mass is 32.1. The maximum Gasteiger partial charge on any atom is 0.391 e. The molecule has 2 rings (SSSR count). The summed E-state index contributed by atoms with van der Waals surface area (Å²) in [7, 11) is 0. The molecule has 2 aromatic rings. The number of hydrogen-bond acceptors (Lipinski definition) is 12. The molecule has 7 amide bonds. The number of aliphatic carboxylic acids is 3. The zero-order valence-electron chi connectivity index (χ0n) is 39.3. The van der Waals surface area contributed by atoms with Crippen molar-refractivity contribution in [3.63, 3.8) is 0 Å². The molecule has 21 nitrogen and oxygen atoms in total. The van der Waals surface area contributed by atoms with Gasteiger partial charge in [0.15, 0.2) is 0 Å². The molecule has 0 aliphatic carbocycles. The minimum atomic E-state index is -5.03. The molecular weight excluding hydrogens is 952 g/mol. The van der Waals surface area contributed by atoms with Gasteiger partial charge in [-0.25, -0.2) is 0 Å². The van der Waals surface area contributed by atoms with Crippen LogP contribution in [0.3, 0.4) is 0 Å². The quantitative estimate of drug-likeness (QED) is 0.0542. The number of amides is 7. The number of aryl methyl sites for hydroxylation is 1. The Morgan fingerprint density at radius 3 is 1.73 bits per heavy atom. The van der Waals surface area contributed by atoms with E-state index in [4.69, 9.17) is 5.11 Å². The van der Waals surface area contributed by atoms with E-state index < -0.39 is 157 Å². The van der Waals surface area contributed by atoms with Gasteiger partial charge in [-0.3, -0.25) is 52.7 Å². The predicted octanol–water partition coefficient (Wildman–Crippen LogP) is 1.64. The number of carbonyl (C=O) groups excluding carboxylic acids is 8. The summed E-state index contributed by atoms with van der Waals surface area (Å²) in [6.45, 7) is 9.31. The SMILES string of the molecule is Cc1ccccc1C[C@H](NC(=O)[C@H](CCC(=O)O)NC(=O)[C@H](CC(=O)O)NC(=O)CCC(=O)O)C(=O)N[C@H](C(=O)N[C@@H](CC(C)C)C(=O)NC(CC(F)(F)F)C(=O)C(=O)NCc1cccs1)C(C)(C)C. The first kappa shape index (κ1) is 59.2. The summed E-state index contributed by atoms with van der Waals surface area (Å²) >= 11 is 1.21. The second-order valence-corrected chi connectivity index (χ2v) is 18.8. The van der Waals surface area contributed by atoms with Crippen LogP contribution in [0.5, 0.6) is 0 Å². The molecule has 0 aliphatic rings. The summed E-state index contributed by atoms with van der Waals surface area (Å²) in [5, 5.41) is 45.4. The van der Waals surface area contributed by atoms with Crippen molar-refractivity contribution >= 4 is 76.4 Å². The average Bonchev–Trinajstić information content (AvgIpc) is 3.77. The van der Waals surface area contributed by atoms with Gasteiger partial charge in [-0.1, -0.05) is 65.0 Å². The number of thiophene rings is 1. The van der Waals surface area contributed by atoms with Crippen LogP contribution >= 0.6 is 11.3 Å². The molecule has 70 heavy (non-hydrogen) atoms. The van der Waals surface area contributed by atoms with E-state index in [0.717, 1.165) is 0 Å². The number of benzene rings is 1. The van der Waals surface area contributed by atoms with Crippen LogP contribution in [0, 0.1) is 18.3 Å². The summed E-state index contributed by atoms with van der Waals surface area (Å²) < 4.78 is 41.2. The van der Waals surface area contributed by atoms with Gasteiger partial charge >= 0.3 is 24.1 Å². The monoisotopic (exact) mass is 1010 g/mol. The van der Waals surface area contributed by atoms with Crippen LogP contribution in [0.1, 0.15) is 95.6 Å². The Kier molecular flexibility index (Phi) is 23.1. The van der Waals surface area contributed by atoms with Crippen LogP contribution in [-0.2, 0) is 65.7 Å². The van der Waals surface area contributed by atoms with Crippen LogP contribution in [0.25, 0.3) is 0 Å². The Bertz CT molecular complexity index is 2220. The van der Waals surface area contributed by atoms with Crippen molar-refractivity contribution in [1.29, 1.82) is 0 Å². The zero-order valence-corrected chi connectivity index (χ0v) is 40.1. The first-order valence-corrected chi connectivity index (χ1v) is 22.8. The third-order valence-electron chi connectivity index (χ3n) is 10.2. The van der Waals surface area contributed by atoms with Gasteiger partial charge in [0.2, 0.25) is 41.2 Å². The second-order valence-electron chi connectivity index (χ2n) is 17.8. The summed E-state index contributed by atoms with van der Waals surface area (Å²) in [5.41, 5.74) is -0.0826. The molecule has 386 valence electrons. The van der Waals surface area contributed by atoms with E-state index in [1.165, 1.54) is 32.1 Å². The lowest BCUT2D eigenvalue weighted by Crippen LogP contribution is -2.62. The third-order valence-corrected chi connectivity index (χ3v) is 11.1. The topological polar surface area (TPSA) is 333 Å². The summed E-state index contributed by atoms with van der Waals surface area (Å²) in [4.78, 5) is 143. The fourth-order valence-electron chi connectivity index (χ4n) is 6.64. The van der Waals surface area contributed by atoms with Crippen molar-refractivity contribution in [1.82, 2.24) is 37.2 Å². The van der Waals surface area contributed by atoms with Gasteiger partial charge in [-0.2, -0.15) is 13.2 Å². The third kappa shape index (κ3) is 21.6. The van der Waals surface area contributed by atoms with Crippen LogP contribution in [0.15, 0.2) is 41.8 Å². The van der Waals surface area contributed by atoms with Gasteiger partial charge in [-0.05, 0) is 53.7 Å². The van der Waals surface area contributed by atoms with Crippen molar-refractivity contribution in [3.05, 3.63) is 57.8 Å². The Hall–Kier alpha value is -6.92. The van der Waals surface area contributed by atoms with Crippen LogP contribution in [-0.4, -0.2) is 123 Å². The lowest BCUT2D eigenvalue weighted by Gasteiger charge is -2.34. The van der Waals surface area contributed by atoms with E-state index in [9.17, 15) is 76.1 Å². The first-order valence-electron chi connectivity index (χ1n) is 21.9. The number of carboxylic acid groups (broad SMARTS) is 3. The van der Waals surface area contributed by atoms with E-state index in [2.05, 4.69) is 31.9 Å². The lowest BCUT2D eigenvalue weighted by molar-refractivity contribution is -0.154. The minimum Gasteiger partial charge on any atom is -0.481 e. The number of nitrogens with one attached hydrogen (secondary N) is 7. The molecule has 0 aliphatic heterocycles. The van der Waals surface area contributed by atoms with Crippen molar-refractivity contribution in [2.24, 2.45) is 11.3 Å². The normalized spacial score (nSPS) is 14.0. The Morgan fingerprint density at radius 2 is 1.19 bits per heavy atom. The predicted molar refractivity (Wildman–Crippen MR) is 243 cm³/mol. The van der Waals surface area contributed by atoms with Gasteiger partial charge in [-0.15, -0.1) is 11.3 Å². The lowest BCUT2D eigenvalue weighted by atomic mass is 9.85. The molecule has 1 heterocycles. The van der Waals surface area contributed by atoms with Crippen LogP contribution in [0.4, 0.5) is 13.2 Å². The van der Waals surface area contributed by atoms with Crippen molar-refractivity contribution in [2.45, 2.75) is 142 Å². The van der Waals surface area contributed by atoms with E-state index in [-0.39, 0.29) is 19.4 Å². The van der Waals surface area contributed by atoms with Gasteiger partial charge in [0.1, 0.15) is 36.3 Å². The highest BCUT2D eigenvalue weighted by molar-refractivity contribution is 7.09. The molecule has 0 bridgehead atoms. The smallest absolute Gasteiger partial charge is 0.391 e. The highest BCUT2D eigenvalue weighted by Gasteiger charge is 2.42. The maximum atomic E-state index is 14.4. The molecule has 0 radical (unpaired) electrons. The number of hydrogen-bond donors (Lipinski definition) is 10. The van der Waals surface area contributed by atoms with Crippen molar-refractivity contribution in [2.75, 3.05) is 0 Å². The molecule has 0 spiro atoms. The number of carboxylic acids is 3. The molecular formula is C45H60F3N7O14S. The van der Waals surface area contributed by atoms with Gasteiger partial charge < -0.3 is 52.5 Å². The van der Waals surface area contributed by atoms with Crippen LogP contribution in [0.2, 0.25) is 0 Å². The van der Waals surface area contributed by atoms with E-state index in [0.29, 0.717) is 16.0 Å². The first-order chi connectivity index (χ1) is 32.5. The average molecular weight is 1010 g/mol. The van der Waals surface area contributed by atoms with E-state index >= 15 is 0 Å². The fourth-order valence-corrected chi connectivity index (χ4v) is 7.28. The highest BCUT2D eigenvalue weighted by Crippen LogP contribution is 2.24. The van der Waals surface area contributed by atoms with Crippen molar-refractivity contribution in [3.8, 4) is 0 Å². The number of rotatable bonds is 28. The standard InChI is InChI=1S/C45H60F3N7O14S/c1-23(2)18-28(39(65)54-31(21-45(46,47)48)36(63)42(68)49-22-26-12-9-17-70-26)53-43(69)37(44(4,5)6)55-41(67)29(19-25-11-8-7-10-24(25)3)52-38(64)27(13-15-33(57)58)51-40(66)30(20-35(61)62)50-32(56)14-16-34(59)60/h7-12,17,23,27-31,37H,13-16,18-22H2,1-6H3,(H,49,68)(H,50,56)(H,51,66)(H,52,64)(H,53,69)(H,54,65)(H,55,67)(H,57,58)(H,59,60)(H,61,62)/t27-,28-,29-,30-,31?,37+/m0/s1. The molecule has 25 heteroatoms. The summed E-state index contributed by atoms with van der Waals surface area (Å²) in [5.74, 6) is -14.5. The molecule has 1 aromatic heterocycles. The number of ketones is 1. The largest absolute Gasteiger partial charge is 0.481 e. The Morgan fingerprint density at radius 1 is 0.629 bits per heavy atom. The molecule has 1 unspecified atom stereocenters. The Balaban J connectivity index is 2.49. The number of Topliss-reactive ketones (excluding diaryl/α,β-unsaturated/α-hetero) is 1. The molecule has 0 saturated heterocycles. The molecule has 10 N–H and O–H groups in total. The summed E-state index contributed by atoms with van der Waals surface area (Å²) in [6.07, 6.45) is -11.1. The van der Waals surface area contributed by atoms with Crippen LogP contribution < -0.4 is 37.2 Å². The van der Waals surface area contributed by atoms with Gasteiger partial charge in [0, 0.05) is 24.1 Å². The number of alkyl halides is 3. The fraction of sp³-hybridized carbons (Fsp3) is 0.533. The Labute approximate surface area is 404 Å². The molecule has 0 saturated carbocycles. The maximum absolute atomic E-state index is 14.4. The zero-order chi connectivity index (χ0) is 53.1. The molecule has 6 atom stereocenters. The number of carbonyl (C=O) groups is 11. The van der Waals surface area contributed by atoms with E-state index in [1.54, 1.807) is 62.5 Å².